The van der Waals surface area contributed by atoms with Gasteiger partial charge in [-0.25, -0.2) is 4.98 Å². The number of nitrogens with zero attached hydrogens (tertiary/aromatic N) is 5. The highest BCUT2D eigenvalue weighted by molar-refractivity contribution is 5.81. The Morgan fingerprint density at radius 2 is 2.03 bits per heavy atom. The molecule has 0 saturated carbocycles. The summed E-state index contributed by atoms with van der Waals surface area (Å²) in [7, 11) is 0. The summed E-state index contributed by atoms with van der Waals surface area (Å²) in [5.41, 5.74) is 1.42. The monoisotopic (exact) mass is 435 g/mol. The predicted octanol–water partition coefficient (Wildman–Crippen LogP) is 4.16. The highest BCUT2D eigenvalue weighted by Gasteiger charge is 2.37. The minimum atomic E-state index is -4.55. The van der Waals surface area contributed by atoms with Gasteiger partial charge >= 0.3 is 6.18 Å². The van der Waals surface area contributed by atoms with Crippen molar-refractivity contribution >= 4 is 17.0 Å². The Bertz CT molecular complexity index is 1120. The van der Waals surface area contributed by atoms with Crippen molar-refractivity contribution in [2.45, 2.75) is 58.7 Å². The van der Waals surface area contributed by atoms with E-state index in [0.717, 1.165) is 17.5 Å². The van der Waals surface area contributed by atoms with Crippen molar-refractivity contribution < 1.29 is 22.5 Å². The SMILES string of the molecule is Cc1cc(C)n(CCC(=O)N2CCC[C@H](c3cc(C(F)(F)F)c4c(C)noc4n3)C2)n1. The fraction of sp³-hybridized carbons (Fsp3) is 0.524. The first-order chi connectivity index (χ1) is 14.6. The predicted molar refractivity (Wildman–Crippen MR) is 106 cm³/mol. The molecule has 0 radical (unpaired) electrons. The Labute approximate surface area is 177 Å². The first-order valence-corrected chi connectivity index (χ1v) is 10.3. The summed E-state index contributed by atoms with van der Waals surface area (Å²) in [5, 5.41) is 7.91. The highest BCUT2D eigenvalue weighted by Crippen LogP contribution is 2.38. The van der Waals surface area contributed by atoms with Crippen LogP contribution in [0.4, 0.5) is 13.2 Å². The summed E-state index contributed by atoms with van der Waals surface area (Å²) in [5.74, 6) is -0.327. The number of alkyl halides is 3. The van der Waals surface area contributed by atoms with E-state index >= 15 is 0 Å². The lowest BCUT2D eigenvalue weighted by Gasteiger charge is -2.32. The molecule has 1 saturated heterocycles. The van der Waals surface area contributed by atoms with E-state index in [2.05, 4.69) is 15.2 Å². The van der Waals surface area contributed by atoms with Crippen LogP contribution in [0, 0.1) is 20.8 Å². The Kier molecular flexibility index (Phi) is 5.49. The zero-order valence-electron chi connectivity index (χ0n) is 17.7. The number of carbonyl (C=O) groups is 1. The van der Waals surface area contributed by atoms with E-state index in [1.807, 2.05) is 19.9 Å². The first kappa shape index (κ1) is 21.3. The van der Waals surface area contributed by atoms with Gasteiger partial charge in [0, 0.05) is 37.7 Å². The summed E-state index contributed by atoms with van der Waals surface area (Å²) in [6.07, 6.45) is -2.90. The van der Waals surface area contributed by atoms with E-state index in [4.69, 9.17) is 4.52 Å². The first-order valence-electron chi connectivity index (χ1n) is 10.3. The van der Waals surface area contributed by atoms with E-state index in [-0.39, 0.29) is 40.7 Å². The molecule has 0 bridgehead atoms. The maximum absolute atomic E-state index is 13.7. The number of aryl methyl sites for hydroxylation is 4. The summed E-state index contributed by atoms with van der Waals surface area (Å²) < 4.78 is 47.8. The number of likely N-dealkylation sites (tertiary alicyclic amines) is 1. The number of rotatable bonds is 4. The molecular formula is C21H24F3N5O2. The van der Waals surface area contributed by atoms with Crippen molar-refractivity contribution in [3.63, 3.8) is 0 Å². The molecule has 1 fully saturated rings. The van der Waals surface area contributed by atoms with Crippen molar-refractivity contribution in [1.82, 2.24) is 24.8 Å². The third kappa shape index (κ3) is 4.28. The number of pyridine rings is 1. The second kappa shape index (κ2) is 7.97. The van der Waals surface area contributed by atoms with Crippen LogP contribution in [-0.2, 0) is 17.5 Å². The van der Waals surface area contributed by atoms with Gasteiger partial charge in [-0.3, -0.25) is 9.48 Å². The van der Waals surface area contributed by atoms with Gasteiger partial charge in [0.25, 0.3) is 5.71 Å². The molecule has 3 aromatic heterocycles. The van der Waals surface area contributed by atoms with E-state index in [9.17, 15) is 18.0 Å². The van der Waals surface area contributed by atoms with Gasteiger partial charge in [0.15, 0.2) is 0 Å². The average Bonchev–Trinajstić information content (AvgIpc) is 3.25. The Morgan fingerprint density at radius 1 is 1.26 bits per heavy atom. The van der Waals surface area contributed by atoms with Gasteiger partial charge in [-0.2, -0.15) is 18.3 Å². The van der Waals surface area contributed by atoms with Gasteiger partial charge < -0.3 is 9.42 Å². The minimum absolute atomic E-state index is 0.0371. The van der Waals surface area contributed by atoms with Crippen LogP contribution in [0.15, 0.2) is 16.7 Å². The molecule has 0 N–H and O–H groups in total. The third-order valence-corrected chi connectivity index (χ3v) is 5.78. The number of piperidine rings is 1. The molecule has 1 atom stereocenters. The summed E-state index contributed by atoms with van der Waals surface area (Å²) in [6, 6.07) is 3.04. The van der Waals surface area contributed by atoms with E-state index < -0.39 is 11.7 Å². The molecule has 3 aromatic rings. The van der Waals surface area contributed by atoms with Crippen LogP contribution in [0.2, 0.25) is 0 Å². The molecule has 4 rings (SSSR count). The molecule has 1 aliphatic rings. The quantitative estimate of drug-likeness (QED) is 0.615. The van der Waals surface area contributed by atoms with E-state index in [1.54, 1.807) is 9.58 Å². The van der Waals surface area contributed by atoms with Gasteiger partial charge in [0.05, 0.1) is 28.0 Å². The van der Waals surface area contributed by atoms with Crippen molar-refractivity contribution in [1.29, 1.82) is 0 Å². The number of halogens is 3. The van der Waals surface area contributed by atoms with Crippen molar-refractivity contribution in [3.8, 4) is 0 Å². The fourth-order valence-corrected chi connectivity index (χ4v) is 4.25. The molecule has 10 heteroatoms. The lowest BCUT2D eigenvalue weighted by Crippen LogP contribution is -2.39. The van der Waals surface area contributed by atoms with Crippen LogP contribution in [-0.4, -0.2) is 43.8 Å². The molecule has 0 aliphatic carbocycles. The number of aromatic nitrogens is 4. The number of hydrogen-bond acceptors (Lipinski definition) is 5. The second-order valence-corrected chi connectivity index (χ2v) is 8.12. The molecule has 0 spiro atoms. The topological polar surface area (TPSA) is 77.0 Å². The average molecular weight is 435 g/mol. The molecule has 166 valence electrons. The molecule has 1 amide bonds. The second-order valence-electron chi connectivity index (χ2n) is 8.12. The van der Waals surface area contributed by atoms with Crippen molar-refractivity contribution in [2.24, 2.45) is 0 Å². The minimum Gasteiger partial charge on any atom is -0.342 e. The van der Waals surface area contributed by atoms with Crippen molar-refractivity contribution in [2.75, 3.05) is 13.1 Å². The van der Waals surface area contributed by atoms with Gasteiger partial charge in [-0.1, -0.05) is 5.16 Å². The lowest BCUT2D eigenvalue weighted by atomic mass is 9.92. The van der Waals surface area contributed by atoms with Gasteiger partial charge in [-0.15, -0.1) is 0 Å². The van der Waals surface area contributed by atoms with Crippen LogP contribution in [0.25, 0.3) is 11.1 Å². The van der Waals surface area contributed by atoms with Crippen LogP contribution in [0.5, 0.6) is 0 Å². The highest BCUT2D eigenvalue weighted by atomic mass is 19.4. The molecule has 1 aliphatic heterocycles. The fourth-order valence-electron chi connectivity index (χ4n) is 4.25. The molecule has 4 heterocycles. The van der Waals surface area contributed by atoms with Crippen LogP contribution < -0.4 is 0 Å². The number of hydrogen-bond donors (Lipinski definition) is 0. The van der Waals surface area contributed by atoms with Gasteiger partial charge in [0.1, 0.15) is 0 Å². The molecule has 0 unspecified atom stereocenters. The molecule has 7 nitrogen and oxygen atoms in total. The van der Waals surface area contributed by atoms with E-state index in [0.29, 0.717) is 32.5 Å². The van der Waals surface area contributed by atoms with Crippen LogP contribution in [0.3, 0.4) is 0 Å². The van der Waals surface area contributed by atoms with Gasteiger partial charge in [0.2, 0.25) is 5.91 Å². The summed E-state index contributed by atoms with van der Waals surface area (Å²) >= 11 is 0. The number of carbonyl (C=O) groups excluding carboxylic acids is 1. The van der Waals surface area contributed by atoms with Crippen molar-refractivity contribution in [3.05, 3.63) is 40.5 Å². The zero-order chi connectivity index (χ0) is 22.3. The number of amides is 1. The third-order valence-electron chi connectivity index (χ3n) is 5.78. The maximum Gasteiger partial charge on any atom is 0.417 e. The zero-order valence-corrected chi connectivity index (χ0v) is 17.7. The van der Waals surface area contributed by atoms with E-state index in [1.165, 1.54) is 6.92 Å². The lowest BCUT2D eigenvalue weighted by molar-refractivity contribution is -0.136. The Morgan fingerprint density at radius 3 is 2.71 bits per heavy atom. The normalized spacial score (nSPS) is 17.5. The number of fused-ring (bicyclic) bond motifs is 1. The molecule has 0 aromatic carbocycles. The maximum atomic E-state index is 13.7. The van der Waals surface area contributed by atoms with Crippen LogP contribution >= 0.6 is 0 Å². The summed E-state index contributed by atoms with van der Waals surface area (Å²) in [4.78, 5) is 18.8. The largest absolute Gasteiger partial charge is 0.417 e. The van der Waals surface area contributed by atoms with Crippen LogP contribution in [0.1, 0.15) is 53.5 Å². The molecular weight excluding hydrogens is 411 g/mol. The smallest absolute Gasteiger partial charge is 0.342 e. The Balaban J connectivity index is 1.52. The van der Waals surface area contributed by atoms with Gasteiger partial charge in [-0.05, 0) is 45.7 Å². The summed E-state index contributed by atoms with van der Waals surface area (Å²) in [6.45, 7) is 6.69. The standard InChI is InChI=1S/C21H24F3N5O2/c1-12-9-13(2)29(26-12)8-6-18(30)28-7-4-5-15(11-28)17-10-16(21(22,23)24)19-14(3)27-31-20(19)25-17/h9-10,15H,4-8,11H2,1-3H3/t15-/m0/s1. The molecule has 31 heavy (non-hydrogen) atoms. The Hall–Kier alpha value is -2.91.